The van der Waals surface area contributed by atoms with Crippen LogP contribution in [-0.4, -0.2) is 18.6 Å². The summed E-state index contributed by atoms with van der Waals surface area (Å²) >= 11 is 6.17. The van der Waals surface area contributed by atoms with Gasteiger partial charge in [0, 0.05) is 35.9 Å². The van der Waals surface area contributed by atoms with Gasteiger partial charge in [-0.05, 0) is 30.8 Å². The average Bonchev–Trinajstić information content (AvgIpc) is 2.44. The zero-order chi connectivity index (χ0) is 13.5. The Morgan fingerprint density at radius 2 is 2.16 bits per heavy atom. The van der Waals surface area contributed by atoms with Gasteiger partial charge >= 0.3 is 0 Å². The van der Waals surface area contributed by atoms with Gasteiger partial charge in [-0.25, -0.2) is 0 Å². The van der Waals surface area contributed by atoms with Crippen molar-refractivity contribution >= 4 is 11.6 Å². The molecule has 1 N–H and O–H groups in total. The van der Waals surface area contributed by atoms with Crippen LogP contribution < -0.4 is 10.1 Å². The standard InChI is InChI=1S/C15H17ClN2O/c1-17-11-13-14(16)5-2-6-15(13)19-9-7-12-4-3-8-18-10-12/h2-6,8,10,17H,7,9,11H2,1H3. The lowest BCUT2D eigenvalue weighted by Gasteiger charge is -2.12. The highest BCUT2D eigenvalue weighted by molar-refractivity contribution is 6.31. The van der Waals surface area contributed by atoms with Gasteiger partial charge < -0.3 is 10.1 Å². The predicted molar refractivity (Wildman–Crippen MR) is 77.7 cm³/mol. The Labute approximate surface area is 118 Å². The second-order valence-corrected chi connectivity index (χ2v) is 4.61. The zero-order valence-corrected chi connectivity index (χ0v) is 11.7. The van der Waals surface area contributed by atoms with E-state index in [1.165, 1.54) is 5.56 Å². The number of hydrogen-bond acceptors (Lipinski definition) is 3. The number of aromatic nitrogens is 1. The fraction of sp³-hybridized carbons (Fsp3) is 0.267. The molecule has 0 aliphatic carbocycles. The van der Waals surface area contributed by atoms with Crippen LogP contribution in [0.4, 0.5) is 0 Å². The Morgan fingerprint density at radius 1 is 1.26 bits per heavy atom. The van der Waals surface area contributed by atoms with E-state index in [4.69, 9.17) is 16.3 Å². The topological polar surface area (TPSA) is 34.1 Å². The number of nitrogens with one attached hydrogen (secondary N) is 1. The number of ether oxygens (including phenoxy) is 1. The van der Waals surface area contributed by atoms with Crippen LogP contribution in [0.3, 0.4) is 0 Å². The summed E-state index contributed by atoms with van der Waals surface area (Å²) in [6.07, 6.45) is 4.46. The highest BCUT2D eigenvalue weighted by atomic mass is 35.5. The maximum Gasteiger partial charge on any atom is 0.125 e. The summed E-state index contributed by atoms with van der Waals surface area (Å²) < 4.78 is 5.82. The first-order valence-corrected chi connectivity index (χ1v) is 6.62. The van der Waals surface area contributed by atoms with Crippen molar-refractivity contribution in [1.29, 1.82) is 0 Å². The average molecular weight is 277 g/mol. The molecule has 1 heterocycles. The molecule has 2 aromatic rings. The summed E-state index contributed by atoms with van der Waals surface area (Å²) in [7, 11) is 1.89. The first-order valence-electron chi connectivity index (χ1n) is 6.25. The molecule has 0 unspecified atom stereocenters. The smallest absolute Gasteiger partial charge is 0.125 e. The van der Waals surface area contributed by atoms with Gasteiger partial charge in [0.2, 0.25) is 0 Å². The van der Waals surface area contributed by atoms with Crippen molar-refractivity contribution in [2.45, 2.75) is 13.0 Å². The van der Waals surface area contributed by atoms with Crippen LogP contribution in [0, 0.1) is 0 Å². The van der Waals surface area contributed by atoms with Gasteiger partial charge in [0.15, 0.2) is 0 Å². The Hall–Kier alpha value is -1.58. The third-order valence-corrected chi connectivity index (χ3v) is 3.15. The van der Waals surface area contributed by atoms with E-state index in [1.807, 2.05) is 43.6 Å². The van der Waals surface area contributed by atoms with E-state index in [0.29, 0.717) is 13.2 Å². The molecule has 0 spiro atoms. The maximum absolute atomic E-state index is 6.17. The van der Waals surface area contributed by atoms with Crippen molar-refractivity contribution in [2.24, 2.45) is 0 Å². The summed E-state index contributed by atoms with van der Waals surface area (Å²) in [5.41, 5.74) is 2.16. The number of benzene rings is 1. The van der Waals surface area contributed by atoms with Gasteiger partial charge in [0.1, 0.15) is 5.75 Å². The molecule has 0 saturated heterocycles. The normalized spacial score (nSPS) is 10.4. The highest BCUT2D eigenvalue weighted by Gasteiger charge is 2.07. The highest BCUT2D eigenvalue weighted by Crippen LogP contribution is 2.26. The maximum atomic E-state index is 6.17. The van der Waals surface area contributed by atoms with E-state index in [1.54, 1.807) is 6.20 Å². The molecule has 1 aromatic heterocycles. The first-order chi connectivity index (χ1) is 9.31. The van der Waals surface area contributed by atoms with Crippen molar-refractivity contribution in [3.63, 3.8) is 0 Å². The van der Waals surface area contributed by atoms with Gasteiger partial charge in [-0.15, -0.1) is 0 Å². The second kappa shape index (κ2) is 7.12. The minimum absolute atomic E-state index is 0.614. The minimum Gasteiger partial charge on any atom is -0.493 e. The third kappa shape index (κ3) is 3.94. The lowest BCUT2D eigenvalue weighted by atomic mass is 10.2. The van der Waals surface area contributed by atoms with Crippen LogP contribution in [0.2, 0.25) is 5.02 Å². The summed E-state index contributed by atoms with van der Waals surface area (Å²) in [4.78, 5) is 4.08. The monoisotopic (exact) mass is 276 g/mol. The molecule has 0 amide bonds. The van der Waals surface area contributed by atoms with E-state index in [0.717, 1.165) is 22.8 Å². The minimum atomic E-state index is 0.614. The third-order valence-electron chi connectivity index (χ3n) is 2.80. The van der Waals surface area contributed by atoms with Crippen LogP contribution in [0.5, 0.6) is 5.75 Å². The largest absolute Gasteiger partial charge is 0.493 e. The van der Waals surface area contributed by atoms with Crippen LogP contribution in [0.15, 0.2) is 42.7 Å². The molecular formula is C15H17ClN2O. The summed E-state index contributed by atoms with van der Waals surface area (Å²) in [5, 5.41) is 3.83. The molecular weight excluding hydrogens is 260 g/mol. The molecule has 0 aliphatic rings. The van der Waals surface area contributed by atoms with Crippen molar-refractivity contribution in [3.05, 3.63) is 58.9 Å². The Bertz CT molecular complexity index is 517. The van der Waals surface area contributed by atoms with Gasteiger partial charge in [0.25, 0.3) is 0 Å². The zero-order valence-electron chi connectivity index (χ0n) is 10.9. The Balaban J connectivity index is 1.97. The molecule has 3 nitrogen and oxygen atoms in total. The molecule has 0 bridgehead atoms. The molecule has 100 valence electrons. The second-order valence-electron chi connectivity index (χ2n) is 4.21. The van der Waals surface area contributed by atoms with E-state index in [9.17, 15) is 0 Å². The lowest BCUT2D eigenvalue weighted by Crippen LogP contribution is -2.09. The number of hydrogen-bond donors (Lipinski definition) is 1. The number of pyridine rings is 1. The van der Waals surface area contributed by atoms with Crippen molar-refractivity contribution in [2.75, 3.05) is 13.7 Å². The quantitative estimate of drug-likeness (QED) is 0.880. The Kier molecular flexibility index (Phi) is 5.19. The number of nitrogens with zero attached hydrogens (tertiary/aromatic N) is 1. The molecule has 4 heteroatoms. The van der Waals surface area contributed by atoms with Crippen molar-refractivity contribution in [3.8, 4) is 5.75 Å². The van der Waals surface area contributed by atoms with Crippen LogP contribution in [0.25, 0.3) is 0 Å². The molecule has 2 rings (SSSR count). The lowest BCUT2D eigenvalue weighted by molar-refractivity contribution is 0.318. The van der Waals surface area contributed by atoms with Gasteiger partial charge in [-0.3, -0.25) is 4.98 Å². The molecule has 0 aliphatic heterocycles. The molecule has 0 saturated carbocycles. The van der Waals surface area contributed by atoms with E-state index >= 15 is 0 Å². The fourth-order valence-electron chi connectivity index (χ4n) is 1.85. The van der Waals surface area contributed by atoms with Gasteiger partial charge in [0.05, 0.1) is 6.61 Å². The molecule has 0 atom stereocenters. The van der Waals surface area contributed by atoms with Gasteiger partial charge in [-0.1, -0.05) is 23.7 Å². The molecule has 1 aromatic carbocycles. The Morgan fingerprint density at radius 3 is 2.89 bits per heavy atom. The van der Waals surface area contributed by atoms with E-state index in [-0.39, 0.29) is 0 Å². The number of halogens is 1. The molecule has 0 radical (unpaired) electrons. The fourth-order valence-corrected chi connectivity index (χ4v) is 2.08. The van der Waals surface area contributed by atoms with Crippen LogP contribution in [-0.2, 0) is 13.0 Å². The number of rotatable bonds is 6. The van der Waals surface area contributed by atoms with E-state index in [2.05, 4.69) is 10.3 Å². The van der Waals surface area contributed by atoms with Crippen molar-refractivity contribution in [1.82, 2.24) is 10.3 Å². The van der Waals surface area contributed by atoms with Gasteiger partial charge in [-0.2, -0.15) is 0 Å². The first kappa shape index (κ1) is 13.8. The molecule has 19 heavy (non-hydrogen) atoms. The molecule has 0 fully saturated rings. The summed E-state index contributed by atoms with van der Waals surface area (Å²) in [6.45, 7) is 1.31. The van der Waals surface area contributed by atoms with E-state index < -0.39 is 0 Å². The van der Waals surface area contributed by atoms with Crippen LogP contribution in [0.1, 0.15) is 11.1 Å². The summed E-state index contributed by atoms with van der Waals surface area (Å²) in [5.74, 6) is 0.839. The SMILES string of the molecule is CNCc1c(Cl)cccc1OCCc1cccnc1. The van der Waals surface area contributed by atoms with Crippen LogP contribution >= 0.6 is 11.6 Å². The predicted octanol–water partition coefficient (Wildman–Crippen LogP) is 3.08. The summed E-state index contributed by atoms with van der Waals surface area (Å²) in [6, 6.07) is 9.70. The van der Waals surface area contributed by atoms with Crippen molar-refractivity contribution < 1.29 is 4.74 Å².